The molecule has 1 fully saturated rings. The van der Waals surface area contributed by atoms with Crippen LogP contribution in [0.25, 0.3) is 11.0 Å². The molecule has 2 aromatic carbocycles. The zero-order chi connectivity index (χ0) is 20.2. The van der Waals surface area contributed by atoms with Gasteiger partial charge in [0.25, 0.3) is 0 Å². The van der Waals surface area contributed by atoms with Crippen molar-refractivity contribution in [3.63, 3.8) is 0 Å². The van der Waals surface area contributed by atoms with Crippen LogP contribution in [0.5, 0.6) is 0 Å². The van der Waals surface area contributed by atoms with Gasteiger partial charge in [0.1, 0.15) is 12.4 Å². The molecule has 1 aliphatic heterocycles. The van der Waals surface area contributed by atoms with Crippen LogP contribution in [0.2, 0.25) is 0 Å². The van der Waals surface area contributed by atoms with E-state index in [2.05, 4.69) is 50.6 Å². The predicted octanol–water partition coefficient (Wildman–Crippen LogP) is 4.30. The molecule has 0 spiro atoms. The summed E-state index contributed by atoms with van der Waals surface area (Å²) in [5, 5.41) is 3.15. The molecule has 152 valence electrons. The van der Waals surface area contributed by atoms with Gasteiger partial charge in [-0.2, -0.15) is 11.8 Å². The van der Waals surface area contributed by atoms with Crippen molar-refractivity contribution in [2.45, 2.75) is 18.7 Å². The average molecular weight is 473 g/mol. The van der Waals surface area contributed by atoms with Gasteiger partial charge in [-0.25, -0.2) is 4.98 Å². The molecule has 7 heteroatoms. The van der Waals surface area contributed by atoms with E-state index < -0.39 is 0 Å². The Morgan fingerprint density at radius 3 is 2.97 bits per heavy atom. The molecule has 29 heavy (non-hydrogen) atoms. The zero-order valence-corrected chi connectivity index (χ0v) is 18.9. The average Bonchev–Trinajstić information content (AvgIpc) is 3.32. The van der Waals surface area contributed by atoms with Crippen molar-refractivity contribution in [1.29, 1.82) is 0 Å². The molecule has 0 bridgehead atoms. The van der Waals surface area contributed by atoms with Gasteiger partial charge in [0.15, 0.2) is 0 Å². The second kappa shape index (κ2) is 9.22. The first kappa shape index (κ1) is 20.3. The Balaban J connectivity index is 1.35. The maximum atomic E-state index is 12.7. The lowest BCUT2D eigenvalue weighted by Crippen LogP contribution is -2.33. The number of carbonyl (C=O) groups excluding carboxylic acids is 1. The molecule has 1 unspecified atom stereocenters. The number of carbonyl (C=O) groups is 1. The van der Waals surface area contributed by atoms with Gasteiger partial charge in [-0.1, -0.05) is 34.1 Å². The second-order valence-corrected chi connectivity index (χ2v) is 9.20. The van der Waals surface area contributed by atoms with Gasteiger partial charge in [-0.15, -0.1) is 0 Å². The van der Waals surface area contributed by atoms with Gasteiger partial charge in [0.2, 0.25) is 5.91 Å². The number of nitrogens with zero attached hydrogens (tertiary/aromatic N) is 3. The van der Waals surface area contributed by atoms with Crippen LogP contribution in [-0.4, -0.2) is 41.3 Å². The fourth-order valence-electron chi connectivity index (χ4n) is 3.91. The molecule has 4 rings (SSSR count). The van der Waals surface area contributed by atoms with Crippen molar-refractivity contribution in [3.05, 3.63) is 58.8 Å². The number of hydrogen-bond donors (Lipinski definition) is 1. The van der Waals surface area contributed by atoms with Crippen LogP contribution in [0.4, 0.5) is 5.69 Å². The second-order valence-electron chi connectivity index (χ2n) is 7.42. The van der Waals surface area contributed by atoms with Crippen LogP contribution in [0.3, 0.4) is 0 Å². The summed E-state index contributed by atoms with van der Waals surface area (Å²) in [4.78, 5) is 19.8. The number of amides is 1. The van der Waals surface area contributed by atoms with E-state index in [0.717, 1.165) is 46.6 Å². The molecule has 1 atom stereocenters. The molecule has 1 N–H and O–H groups in total. The quantitative estimate of drug-likeness (QED) is 0.556. The standard InChI is InChI=1S/C22H25BrN4OS/c1-29-15-21-25-19-7-2-3-8-20(19)27(21)14-22(28)24-12-16-9-10-26(13-16)18-6-4-5-17(23)11-18/h2-8,11,16H,9-10,12-15H2,1H3,(H,24,28). The van der Waals surface area contributed by atoms with Crippen molar-refractivity contribution < 1.29 is 4.79 Å². The van der Waals surface area contributed by atoms with Gasteiger partial charge in [0.05, 0.1) is 16.8 Å². The molecule has 0 saturated carbocycles. The number of halogens is 1. The SMILES string of the molecule is CSCc1nc2ccccc2n1CC(=O)NCC1CCN(c2cccc(Br)c2)C1. The third kappa shape index (κ3) is 4.78. The summed E-state index contributed by atoms with van der Waals surface area (Å²) in [5.74, 6) is 2.28. The number of imidazole rings is 1. The van der Waals surface area contributed by atoms with Crippen LogP contribution >= 0.6 is 27.7 Å². The summed E-state index contributed by atoms with van der Waals surface area (Å²) < 4.78 is 3.14. The zero-order valence-electron chi connectivity index (χ0n) is 16.5. The molecule has 5 nitrogen and oxygen atoms in total. The highest BCUT2D eigenvalue weighted by molar-refractivity contribution is 9.10. The maximum Gasteiger partial charge on any atom is 0.240 e. The summed E-state index contributed by atoms with van der Waals surface area (Å²) in [5.41, 5.74) is 3.21. The van der Waals surface area contributed by atoms with Crippen molar-refractivity contribution in [3.8, 4) is 0 Å². The Kier molecular flexibility index (Phi) is 6.45. The van der Waals surface area contributed by atoms with E-state index in [1.54, 1.807) is 11.8 Å². The Morgan fingerprint density at radius 1 is 1.28 bits per heavy atom. The van der Waals surface area contributed by atoms with E-state index in [1.807, 2.05) is 34.9 Å². The van der Waals surface area contributed by atoms with Crippen molar-refractivity contribution in [1.82, 2.24) is 14.9 Å². The van der Waals surface area contributed by atoms with E-state index in [4.69, 9.17) is 4.98 Å². The molecule has 3 aromatic rings. The lowest BCUT2D eigenvalue weighted by Gasteiger charge is -2.19. The first-order chi connectivity index (χ1) is 14.1. The lowest BCUT2D eigenvalue weighted by atomic mass is 10.1. The summed E-state index contributed by atoms with van der Waals surface area (Å²) in [6.07, 6.45) is 3.15. The number of hydrogen-bond acceptors (Lipinski definition) is 4. The molecule has 1 amide bonds. The minimum atomic E-state index is 0.0522. The normalized spacial score (nSPS) is 16.5. The molecule has 1 aromatic heterocycles. The van der Waals surface area contributed by atoms with Crippen LogP contribution in [0, 0.1) is 5.92 Å². The van der Waals surface area contributed by atoms with Gasteiger partial charge in [-0.3, -0.25) is 4.79 Å². The molecule has 0 aliphatic carbocycles. The third-order valence-electron chi connectivity index (χ3n) is 5.36. The number of rotatable bonds is 7. The Labute approximate surface area is 184 Å². The smallest absolute Gasteiger partial charge is 0.240 e. The Morgan fingerprint density at radius 2 is 2.14 bits per heavy atom. The first-order valence-electron chi connectivity index (χ1n) is 9.84. The molecule has 0 radical (unpaired) electrons. The van der Waals surface area contributed by atoms with Gasteiger partial charge < -0.3 is 14.8 Å². The number of thioether (sulfide) groups is 1. The Bertz CT molecular complexity index is 1010. The topological polar surface area (TPSA) is 50.2 Å². The fraction of sp³-hybridized carbons (Fsp3) is 0.364. The maximum absolute atomic E-state index is 12.7. The van der Waals surface area contributed by atoms with E-state index in [-0.39, 0.29) is 5.91 Å². The number of benzene rings is 2. The summed E-state index contributed by atoms with van der Waals surface area (Å²) in [6, 6.07) is 16.4. The summed E-state index contributed by atoms with van der Waals surface area (Å²) in [7, 11) is 0. The number of fused-ring (bicyclic) bond motifs is 1. The summed E-state index contributed by atoms with van der Waals surface area (Å²) >= 11 is 5.26. The van der Waals surface area contributed by atoms with E-state index in [9.17, 15) is 4.79 Å². The predicted molar refractivity (Wildman–Crippen MR) is 124 cm³/mol. The monoisotopic (exact) mass is 472 g/mol. The van der Waals surface area contributed by atoms with Crippen LogP contribution in [0.15, 0.2) is 53.0 Å². The number of anilines is 1. The van der Waals surface area contributed by atoms with Crippen LogP contribution in [-0.2, 0) is 17.1 Å². The third-order valence-corrected chi connectivity index (χ3v) is 6.40. The molecule has 2 heterocycles. The highest BCUT2D eigenvalue weighted by Gasteiger charge is 2.23. The van der Waals surface area contributed by atoms with E-state index in [0.29, 0.717) is 19.0 Å². The molecule has 1 saturated heterocycles. The lowest BCUT2D eigenvalue weighted by molar-refractivity contribution is -0.121. The van der Waals surface area contributed by atoms with E-state index >= 15 is 0 Å². The van der Waals surface area contributed by atoms with Gasteiger partial charge in [0, 0.05) is 29.8 Å². The minimum Gasteiger partial charge on any atom is -0.371 e. The van der Waals surface area contributed by atoms with Crippen molar-refractivity contribution in [2.24, 2.45) is 5.92 Å². The molecular weight excluding hydrogens is 448 g/mol. The van der Waals surface area contributed by atoms with Crippen LogP contribution in [0.1, 0.15) is 12.2 Å². The van der Waals surface area contributed by atoms with Gasteiger partial charge in [-0.05, 0) is 48.9 Å². The molecular formula is C22H25BrN4OS. The molecule has 1 aliphatic rings. The van der Waals surface area contributed by atoms with Crippen molar-refractivity contribution >= 4 is 50.3 Å². The van der Waals surface area contributed by atoms with Gasteiger partial charge >= 0.3 is 0 Å². The Hall–Kier alpha value is -1.99. The first-order valence-corrected chi connectivity index (χ1v) is 12.0. The van der Waals surface area contributed by atoms with E-state index in [1.165, 1.54) is 5.69 Å². The number of aromatic nitrogens is 2. The minimum absolute atomic E-state index is 0.0522. The highest BCUT2D eigenvalue weighted by Crippen LogP contribution is 2.26. The fourth-order valence-corrected chi connectivity index (χ4v) is 4.77. The van der Waals surface area contributed by atoms with Crippen LogP contribution < -0.4 is 10.2 Å². The number of para-hydroxylation sites is 2. The number of nitrogens with one attached hydrogen (secondary N) is 1. The highest BCUT2D eigenvalue weighted by atomic mass is 79.9. The largest absolute Gasteiger partial charge is 0.371 e. The van der Waals surface area contributed by atoms with Crippen molar-refractivity contribution in [2.75, 3.05) is 30.8 Å². The summed E-state index contributed by atoms with van der Waals surface area (Å²) in [6.45, 7) is 3.04.